The number of amides is 1. The number of hydrogen-bond acceptors (Lipinski definition) is 3. The maximum atomic E-state index is 13.4. The predicted molar refractivity (Wildman–Crippen MR) is 103 cm³/mol. The molecule has 1 aliphatic carbocycles. The minimum atomic E-state index is -0.680. The summed E-state index contributed by atoms with van der Waals surface area (Å²) in [5.41, 5.74) is 8.13. The largest absolute Gasteiger partial charge is 0.350 e. The molecule has 0 saturated heterocycles. The highest BCUT2D eigenvalue weighted by Gasteiger charge is 2.45. The lowest BCUT2D eigenvalue weighted by Crippen LogP contribution is -2.42. The summed E-state index contributed by atoms with van der Waals surface area (Å²) in [6.07, 6.45) is 1.46. The molecule has 3 aromatic rings. The van der Waals surface area contributed by atoms with Crippen molar-refractivity contribution >= 4 is 29.2 Å². The second-order valence-corrected chi connectivity index (χ2v) is 6.69. The molecule has 0 unspecified atom stereocenters. The van der Waals surface area contributed by atoms with Crippen molar-refractivity contribution in [2.24, 2.45) is 5.73 Å². The molecule has 1 heterocycles. The van der Waals surface area contributed by atoms with Gasteiger partial charge in [-0.25, -0.2) is 4.39 Å². The fourth-order valence-corrected chi connectivity index (χ4v) is 3.03. The van der Waals surface area contributed by atoms with E-state index < -0.39 is 5.54 Å². The molecule has 2 aromatic carbocycles. The molecule has 0 radical (unpaired) electrons. The van der Waals surface area contributed by atoms with Gasteiger partial charge in [0.05, 0.1) is 11.1 Å². The molecule has 0 spiro atoms. The summed E-state index contributed by atoms with van der Waals surface area (Å²) in [5.74, 6) is -0.453. The highest BCUT2D eigenvalue weighted by Crippen LogP contribution is 2.32. The Balaban J connectivity index is 0.00000210. The smallest absolute Gasteiger partial charge is 0.240 e. The van der Waals surface area contributed by atoms with Crippen molar-refractivity contribution in [3.8, 4) is 11.8 Å². The first-order valence-corrected chi connectivity index (χ1v) is 8.38. The van der Waals surface area contributed by atoms with Gasteiger partial charge in [-0.2, -0.15) is 5.26 Å². The molecule has 1 saturated carbocycles. The van der Waals surface area contributed by atoms with Gasteiger partial charge >= 0.3 is 0 Å². The molecule has 1 fully saturated rings. The number of nitrogens with one attached hydrogen (secondary N) is 1. The molecule has 5 nitrogen and oxygen atoms in total. The third-order valence-electron chi connectivity index (χ3n) is 4.77. The molecular weight excluding hydrogens is 367 g/mol. The lowest BCUT2D eigenvalue weighted by atomic mass is 10.2. The molecule has 1 amide bonds. The molecule has 1 aliphatic rings. The van der Waals surface area contributed by atoms with Crippen LogP contribution in [0.1, 0.15) is 24.1 Å². The zero-order valence-corrected chi connectivity index (χ0v) is 15.2. The summed E-state index contributed by atoms with van der Waals surface area (Å²) in [6, 6.07) is 15.8. The lowest BCUT2D eigenvalue weighted by Gasteiger charge is -2.11. The molecule has 0 aliphatic heterocycles. The fraction of sp³-hybridized carbons (Fsp3) is 0.200. The molecule has 1 aromatic heterocycles. The van der Waals surface area contributed by atoms with Gasteiger partial charge in [-0.05, 0) is 54.8 Å². The van der Waals surface area contributed by atoms with Crippen LogP contribution in [0.3, 0.4) is 0 Å². The van der Waals surface area contributed by atoms with E-state index in [-0.39, 0.29) is 24.1 Å². The van der Waals surface area contributed by atoms with Crippen molar-refractivity contribution < 1.29 is 9.18 Å². The van der Waals surface area contributed by atoms with Gasteiger partial charge in [0.1, 0.15) is 17.6 Å². The second kappa shape index (κ2) is 7.03. The molecular formula is C20H18ClFN4O. The van der Waals surface area contributed by atoms with Crippen molar-refractivity contribution in [1.29, 1.82) is 5.26 Å². The van der Waals surface area contributed by atoms with Crippen LogP contribution in [0, 0.1) is 17.1 Å². The molecule has 3 N–H and O–H groups in total. The maximum Gasteiger partial charge on any atom is 0.240 e. The van der Waals surface area contributed by atoms with Crippen molar-refractivity contribution in [2.45, 2.75) is 24.9 Å². The molecule has 27 heavy (non-hydrogen) atoms. The number of nitrogens with zero attached hydrogens (tertiary/aromatic N) is 2. The van der Waals surface area contributed by atoms with Gasteiger partial charge in [-0.3, -0.25) is 4.79 Å². The van der Waals surface area contributed by atoms with E-state index in [1.807, 2.05) is 24.3 Å². The van der Waals surface area contributed by atoms with Gasteiger partial charge in [-0.1, -0.05) is 12.1 Å². The lowest BCUT2D eigenvalue weighted by molar-refractivity contribution is -0.123. The molecule has 0 bridgehead atoms. The Morgan fingerprint density at radius 1 is 1.22 bits per heavy atom. The van der Waals surface area contributed by atoms with Gasteiger partial charge in [0.15, 0.2) is 0 Å². The number of benzene rings is 2. The summed E-state index contributed by atoms with van der Waals surface area (Å²) < 4.78 is 15.2. The van der Waals surface area contributed by atoms with Crippen LogP contribution in [0.5, 0.6) is 0 Å². The number of carbonyl (C=O) groups is 1. The van der Waals surface area contributed by atoms with Crippen LogP contribution in [0.15, 0.2) is 48.5 Å². The highest BCUT2D eigenvalue weighted by molar-refractivity contribution is 5.89. The first-order valence-electron chi connectivity index (χ1n) is 8.38. The number of carbonyl (C=O) groups excluding carboxylic acids is 1. The standard InChI is InChI=1S/C20H17FN4O.ClH/c21-15-3-6-18-14(9-15)10-17(11-22)25(18)16-4-1-13(2-5-16)12-24-19(26)20(23)7-8-20;/h1-6,9-10H,7-8,12,23H2,(H,24,26);1H. The van der Waals surface area contributed by atoms with E-state index in [9.17, 15) is 14.4 Å². The Morgan fingerprint density at radius 2 is 1.93 bits per heavy atom. The van der Waals surface area contributed by atoms with E-state index in [0.29, 0.717) is 17.6 Å². The van der Waals surface area contributed by atoms with Gasteiger partial charge in [0, 0.05) is 17.6 Å². The average molecular weight is 385 g/mol. The molecule has 7 heteroatoms. The molecule has 138 valence electrons. The van der Waals surface area contributed by atoms with E-state index >= 15 is 0 Å². The van der Waals surface area contributed by atoms with Crippen LogP contribution >= 0.6 is 12.4 Å². The van der Waals surface area contributed by atoms with Crippen LogP contribution in [-0.4, -0.2) is 16.0 Å². The average Bonchev–Trinajstić information content (AvgIpc) is 3.29. The van der Waals surface area contributed by atoms with E-state index in [1.54, 1.807) is 16.7 Å². The number of fused-ring (bicyclic) bond motifs is 1. The third kappa shape index (κ3) is 3.52. The Kier molecular flexibility index (Phi) is 4.92. The van der Waals surface area contributed by atoms with Gasteiger partial charge in [0.2, 0.25) is 5.91 Å². The number of hydrogen-bond donors (Lipinski definition) is 2. The minimum Gasteiger partial charge on any atom is -0.350 e. The maximum absolute atomic E-state index is 13.4. The van der Waals surface area contributed by atoms with E-state index in [2.05, 4.69) is 11.4 Å². The van der Waals surface area contributed by atoms with Crippen molar-refractivity contribution in [3.05, 3.63) is 65.6 Å². The SMILES string of the molecule is Cl.N#Cc1cc2cc(F)ccc2n1-c1ccc(CNC(=O)C2(N)CC2)cc1. The number of nitrogens with two attached hydrogens (primary N) is 1. The monoisotopic (exact) mass is 384 g/mol. The Labute approximate surface area is 162 Å². The van der Waals surface area contributed by atoms with Crippen LogP contribution in [0.4, 0.5) is 4.39 Å². The molecule has 4 rings (SSSR count). The Morgan fingerprint density at radius 3 is 2.56 bits per heavy atom. The van der Waals surface area contributed by atoms with E-state index in [0.717, 1.165) is 29.6 Å². The zero-order valence-electron chi connectivity index (χ0n) is 14.4. The number of rotatable bonds is 4. The number of halogens is 2. The Hall–Kier alpha value is -2.88. The van der Waals surface area contributed by atoms with Crippen LogP contribution in [0.25, 0.3) is 16.6 Å². The van der Waals surface area contributed by atoms with Crippen LogP contribution < -0.4 is 11.1 Å². The zero-order chi connectivity index (χ0) is 18.3. The first-order chi connectivity index (χ1) is 12.5. The topological polar surface area (TPSA) is 83.8 Å². The van der Waals surface area contributed by atoms with E-state index in [1.165, 1.54) is 12.1 Å². The Bertz CT molecular complexity index is 1050. The van der Waals surface area contributed by atoms with Gasteiger partial charge in [0.25, 0.3) is 0 Å². The van der Waals surface area contributed by atoms with Crippen molar-refractivity contribution in [1.82, 2.24) is 9.88 Å². The normalized spacial score (nSPS) is 14.3. The summed E-state index contributed by atoms with van der Waals surface area (Å²) in [5, 5.41) is 12.9. The quantitative estimate of drug-likeness (QED) is 0.724. The second-order valence-electron chi connectivity index (χ2n) is 6.69. The fourth-order valence-electron chi connectivity index (χ4n) is 3.03. The summed E-state index contributed by atoms with van der Waals surface area (Å²) in [7, 11) is 0. The van der Waals surface area contributed by atoms with Crippen molar-refractivity contribution in [2.75, 3.05) is 0 Å². The summed E-state index contributed by atoms with van der Waals surface area (Å²) in [6.45, 7) is 0.404. The van der Waals surface area contributed by atoms with Crippen molar-refractivity contribution in [3.63, 3.8) is 0 Å². The summed E-state index contributed by atoms with van der Waals surface area (Å²) >= 11 is 0. The van der Waals surface area contributed by atoms with Gasteiger partial charge in [-0.15, -0.1) is 12.4 Å². The summed E-state index contributed by atoms with van der Waals surface area (Å²) in [4.78, 5) is 11.9. The first kappa shape index (κ1) is 18.9. The molecule has 0 atom stereocenters. The van der Waals surface area contributed by atoms with Crippen LogP contribution in [0.2, 0.25) is 0 Å². The van der Waals surface area contributed by atoms with Crippen LogP contribution in [-0.2, 0) is 11.3 Å². The number of nitriles is 1. The minimum absolute atomic E-state index is 0. The highest BCUT2D eigenvalue weighted by atomic mass is 35.5. The number of aromatic nitrogens is 1. The van der Waals surface area contributed by atoms with E-state index in [4.69, 9.17) is 5.73 Å². The third-order valence-corrected chi connectivity index (χ3v) is 4.77. The predicted octanol–water partition coefficient (Wildman–Crippen LogP) is 3.17. The van der Waals surface area contributed by atoms with Gasteiger partial charge < -0.3 is 15.6 Å².